The van der Waals surface area contributed by atoms with E-state index in [0.29, 0.717) is 11.3 Å². The average molecular weight is 364 g/mol. The zero-order valence-electron chi connectivity index (χ0n) is 13.4. The summed E-state index contributed by atoms with van der Waals surface area (Å²) in [6.07, 6.45) is -4.63. The third kappa shape index (κ3) is 3.44. The third-order valence-corrected chi connectivity index (χ3v) is 3.67. The van der Waals surface area contributed by atoms with Crippen LogP contribution in [0.1, 0.15) is 16.1 Å². The van der Waals surface area contributed by atoms with Gasteiger partial charge in [-0.1, -0.05) is 0 Å². The van der Waals surface area contributed by atoms with Crippen molar-refractivity contribution in [1.82, 2.24) is 9.78 Å². The molecular weight excluding hydrogens is 352 g/mol. The molecule has 3 aromatic rings. The van der Waals surface area contributed by atoms with E-state index in [1.807, 2.05) is 0 Å². The number of rotatable bonds is 3. The molecule has 0 spiro atoms. The van der Waals surface area contributed by atoms with Gasteiger partial charge in [-0.15, -0.1) is 0 Å². The largest absolute Gasteiger partial charge is 0.465 e. The Morgan fingerprint density at radius 3 is 2.19 bits per heavy atom. The number of aromatic nitrogens is 2. The number of benzene rings is 2. The predicted octanol–water partition coefficient (Wildman–Crippen LogP) is 4.48. The van der Waals surface area contributed by atoms with E-state index in [2.05, 4.69) is 9.84 Å². The lowest BCUT2D eigenvalue weighted by molar-refractivity contribution is -0.141. The summed E-state index contributed by atoms with van der Waals surface area (Å²) in [6.45, 7) is 0. The van der Waals surface area contributed by atoms with E-state index in [4.69, 9.17) is 0 Å². The van der Waals surface area contributed by atoms with Crippen molar-refractivity contribution in [1.29, 1.82) is 0 Å². The molecule has 8 heteroatoms. The Labute approximate surface area is 145 Å². The number of esters is 1. The van der Waals surface area contributed by atoms with E-state index in [9.17, 15) is 22.4 Å². The van der Waals surface area contributed by atoms with Crippen molar-refractivity contribution in [3.63, 3.8) is 0 Å². The number of ether oxygens (including phenoxy) is 1. The van der Waals surface area contributed by atoms with Crippen LogP contribution in [0, 0.1) is 5.82 Å². The van der Waals surface area contributed by atoms with Gasteiger partial charge in [-0.2, -0.15) is 18.3 Å². The number of methoxy groups -OCH3 is 1. The van der Waals surface area contributed by atoms with Crippen molar-refractivity contribution >= 4 is 5.97 Å². The average Bonchev–Trinajstić information content (AvgIpc) is 3.07. The first-order chi connectivity index (χ1) is 12.3. The van der Waals surface area contributed by atoms with E-state index in [1.54, 1.807) is 0 Å². The van der Waals surface area contributed by atoms with E-state index < -0.39 is 23.7 Å². The molecule has 26 heavy (non-hydrogen) atoms. The van der Waals surface area contributed by atoms with E-state index in [1.165, 1.54) is 43.5 Å². The Hall–Kier alpha value is -3.16. The number of hydrogen-bond donors (Lipinski definition) is 0. The molecule has 0 bridgehead atoms. The van der Waals surface area contributed by atoms with Crippen LogP contribution in [-0.4, -0.2) is 22.9 Å². The number of alkyl halides is 3. The Balaban J connectivity index is 2.11. The van der Waals surface area contributed by atoms with Gasteiger partial charge >= 0.3 is 12.1 Å². The molecule has 0 saturated carbocycles. The Morgan fingerprint density at radius 1 is 1.04 bits per heavy atom. The number of hydrogen-bond acceptors (Lipinski definition) is 3. The summed E-state index contributed by atoms with van der Waals surface area (Å²) >= 11 is 0. The maximum atomic E-state index is 13.1. The minimum Gasteiger partial charge on any atom is -0.465 e. The van der Waals surface area contributed by atoms with Crippen LogP contribution in [0.25, 0.3) is 16.9 Å². The Kier molecular flexibility index (Phi) is 4.50. The van der Waals surface area contributed by atoms with Gasteiger partial charge in [0.15, 0.2) is 5.69 Å². The van der Waals surface area contributed by atoms with Gasteiger partial charge in [-0.3, -0.25) is 0 Å². The van der Waals surface area contributed by atoms with Crippen LogP contribution in [0.3, 0.4) is 0 Å². The lowest BCUT2D eigenvalue weighted by atomic mass is 10.1. The van der Waals surface area contributed by atoms with Gasteiger partial charge in [0.25, 0.3) is 0 Å². The lowest BCUT2D eigenvalue weighted by Crippen LogP contribution is -2.07. The second-order valence-corrected chi connectivity index (χ2v) is 5.37. The number of carbonyl (C=O) groups excluding carboxylic acids is 1. The van der Waals surface area contributed by atoms with Gasteiger partial charge in [0.2, 0.25) is 0 Å². The molecule has 1 heterocycles. The molecule has 0 atom stereocenters. The number of carbonyl (C=O) groups is 1. The molecule has 0 radical (unpaired) electrons. The SMILES string of the molecule is COC(=O)c1ccc(-n2nc(C(F)(F)F)cc2-c2ccc(F)cc2)cc1. The second-order valence-electron chi connectivity index (χ2n) is 5.37. The standard InChI is InChI=1S/C18H12F4N2O2/c1-26-17(25)12-4-8-14(9-5-12)24-15(10-16(23-24)18(20,21)22)11-2-6-13(19)7-3-11/h2-10H,1H3. The molecule has 0 amide bonds. The molecule has 0 aliphatic carbocycles. The van der Waals surface area contributed by atoms with Crippen molar-refractivity contribution in [2.24, 2.45) is 0 Å². The first kappa shape index (κ1) is 17.7. The van der Waals surface area contributed by atoms with Crippen LogP contribution < -0.4 is 0 Å². The lowest BCUT2D eigenvalue weighted by Gasteiger charge is -2.08. The van der Waals surface area contributed by atoms with Crippen molar-refractivity contribution in [3.8, 4) is 16.9 Å². The fourth-order valence-corrected chi connectivity index (χ4v) is 2.40. The summed E-state index contributed by atoms with van der Waals surface area (Å²) in [4.78, 5) is 11.5. The topological polar surface area (TPSA) is 44.1 Å². The first-order valence-electron chi connectivity index (χ1n) is 7.41. The molecule has 2 aromatic carbocycles. The molecule has 134 valence electrons. The van der Waals surface area contributed by atoms with Crippen LogP contribution in [0.4, 0.5) is 17.6 Å². The van der Waals surface area contributed by atoms with Crippen molar-refractivity contribution in [2.45, 2.75) is 6.18 Å². The highest BCUT2D eigenvalue weighted by atomic mass is 19.4. The smallest absolute Gasteiger partial charge is 0.435 e. The van der Waals surface area contributed by atoms with Gasteiger partial charge in [-0.05, 0) is 54.6 Å². The van der Waals surface area contributed by atoms with Gasteiger partial charge < -0.3 is 4.74 Å². The number of nitrogens with zero attached hydrogens (tertiary/aromatic N) is 2. The minimum absolute atomic E-state index is 0.142. The van der Waals surface area contributed by atoms with Crippen LogP contribution in [0.2, 0.25) is 0 Å². The van der Waals surface area contributed by atoms with Gasteiger partial charge in [-0.25, -0.2) is 13.9 Å². The summed E-state index contributed by atoms with van der Waals surface area (Å²) in [5.41, 5.74) is -0.00119. The molecule has 0 N–H and O–H groups in total. The van der Waals surface area contributed by atoms with Crippen LogP contribution in [0.5, 0.6) is 0 Å². The summed E-state index contributed by atoms with van der Waals surface area (Å²) in [7, 11) is 1.23. The maximum Gasteiger partial charge on any atom is 0.435 e. The van der Waals surface area contributed by atoms with Crippen LogP contribution >= 0.6 is 0 Å². The fraction of sp³-hybridized carbons (Fsp3) is 0.111. The van der Waals surface area contributed by atoms with E-state index in [0.717, 1.165) is 22.9 Å². The molecule has 0 aliphatic heterocycles. The van der Waals surface area contributed by atoms with Crippen molar-refractivity contribution < 1.29 is 27.1 Å². The summed E-state index contributed by atoms with van der Waals surface area (Å²) in [5.74, 6) is -1.06. The molecule has 0 aliphatic rings. The zero-order chi connectivity index (χ0) is 18.9. The normalized spacial score (nSPS) is 11.4. The molecule has 0 saturated heterocycles. The first-order valence-corrected chi connectivity index (χ1v) is 7.41. The summed E-state index contributed by atoms with van der Waals surface area (Å²) < 4.78 is 58.1. The molecule has 1 aromatic heterocycles. The van der Waals surface area contributed by atoms with E-state index in [-0.39, 0.29) is 11.3 Å². The molecule has 4 nitrogen and oxygen atoms in total. The minimum atomic E-state index is -4.63. The highest BCUT2D eigenvalue weighted by Crippen LogP contribution is 2.33. The summed E-state index contributed by atoms with van der Waals surface area (Å²) in [5, 5.41) is 3.63. The van der Waals surface area contributed by atoms with Gasteiger partial charge in [0.1, 0.15) is 5.82 Å². The highest BCUT2D eigenvalue weighted by molar-refractivity contribution is 5.89. The van der Waals surface area contributed by atoms with Gasteiger partial charge in [0, 0.05) is 5.56 Å². The second kappa shape index (κ2) is 6.62. The van der Waals surface area contributed by atoms with Crippen molar-refractivity contribution in [2.75, 3.05) is 7.11 Å². The number of halogens is 4. The molecule has 0 unspecified atom stereocenters. The maximum absolute atomic E-state index is 13.1. The zero-order valence-corrected chi connectivity index (χ0v) is 13.4. The van der Waals surface area contributed by atoms with Crippen LogP contribution in [0.15, 0.2) is 54.6 Å². The van der Waals surface area contributed by atoms with E-state index >= 15 is 0 Å². The van der Waals surface area contributed by atoms with Crippen molar-refractivity contribution in [3.05, 3.63) is 71.7 Å². The molecule has 3 rings (SSSR count). The third-order valence-electron chi connectivity index (χ3n) is 3.67. The Morgan fingerprint density at radius 2 is 1.65 bits per heavy atom. The monoisotopic (exact) mass is 364 g/mol. The van der Waals surface area contributed by atoms with Crippen LogP contribution in [-0.2, 0) is 10.9 Å². The molecule has 0 fully saturated rings. The Bertz CT molecular complexity index is 929. The molecular formula is C18H12F4N2O2. The fourth-order valence-electron chi connectivity index (χ4n) is 2.40. The van der Waals surface area contributed by atoms with Gasteiger partial charge in [0.05, 0.1) is 24.1 Å². The predicted molar refractivity (Wildman–Crippen MR) is 85.3 cm³/mol. The quantitative estimate of drug-likeness (QED) is 0.508. The highest BCUT2D eigenvalue weighted by Gasteiger charge is 2.35. The summed E-state index contributed by atoms with van der Waals surface area (Å²) in [6, 6.07) is 11.7.